The fraction of sp³-hybridized carbons (Fsp3) is 0.600. The molecule has 6 nitrogen and oxygen atoms in total. The number of anilines is 1. The van der Waals surface area contributed by atoms with Crippen LogP contribution in [0, 0.1) is 5.92 Å². The summed E-state index contributed by atoms with van der Waals surface area (Å²) in [4.78, 5) is 2.34. The first-order valence-electron chi connectivity index (χ1n) is 7.76. The molecule has 22 heavy (non-hydrogen) atoms. The third kappa shape index (κ3) is 2.42. The molecule has 0 aromatic heterocycles. The molecule has 2 N–H and O–H groups in total. The Bertz CT molecular complexity index is 691. The van der Waals surface area contributed by atoms with Gasteiger partial charge in [0.25, 0.3) is 0 Å². The van der Waals surface area contributed by atoms with E-state index < -0.39 is 16.5 Å². The largest absolute Gasteiger partial charge is 0.397 e. The number of nitrogens with zero attached hydrogens (tertiary/aromatic N) is 1. The van der Waals surface area contributed by atoms with Gasteiger partial charge in [-0.05, 0) is 29.9 Å². The molecule has 0 bridgehead atoms. The van der Waals surface area contributed by atoms with Gasteiger partial charge in [0.05, 0.1) is 6.10 Å². The molecule has 3 aliphatic rings. The monoisotopic (exact) mass is 324 g/mol. The van der Waals surface area contributed by atoms with Crippen LogP contribution in [0.25, 0.3) is 0 Å². The average Bonchev–Trinajstić information content (AvgIpc) is 2.72. The summed E-state index contributed by atoms with van der Waals surface area (Å²) in [6, 6.07) is 6.40. The molecule has 0 amide bonds. The molecule has 4 rings (SSSR count). The first-order chi connectivity index (χ1) is 10.5. The number of fused-ring (bicyclic) bond motifs is 2. The second kappa shape index (κ2) is 5.19. The van der Waals surface area contributed by atoms with Crippen molar-refractivity contribution in [1.29, 1.82) is 0 Å². The molecule has 3 atom stereocenters. The fourth-order valence-corrected chi connectivity index (χ4v) is 4.91. The van der Waals surface area contributed by atoms with E-state index in [1.54, 1.807) is 0 Å². The van der Waals surface area contributed by atoms with Gasteiger partial charge in [0.2, 0.25) is 0 Å². The van der Waals surface area contributed by atoms with E-state index in [0.29, 0.717) is 12.3 Å². The minimum Gasteiger partial charge on any atom is -0.369 e. The molecule has 0 radical (unpaired) electrons. The first kappa shape index (κ1) is 14.4. The average molecular weight is 324 g/mol. The summed E-state index contributed by atoms with van der Waals surface area (Å²) >= 11 is 0. The van der Waals surface area contributed by atoms with Gasteiger partial charge in [0.1, 0.15) is 0 Å². The SMILES string of the molecule is O=S(=O)(O)O[C@@H]1CC[C@@H]2c3cccc4c3N(CCNC4)CC21. The van der Waals surface area contributed by atoms with Crippen molar-refractivity contribution in [2.45, 2.75) is 31.4 Å². The topological polar surface area (TPSA) is 78.9 Å². The minimum atomic E-state index is -4.39. The van der Waals surface area contributed by atoms with Crippen LogP contribution in [0.2, 0.25) is 0 Å². The van der Waals surface area contributed by atoms with Gasteiger partial charge in [-0.1, -0.05) is 18.2 Å². The Labute approximate surface area is 130 Å². The normalized spacial score (nSPS) is 30.6. The Morgan fingerprint density at radius 1 is 1.32 bits per heavy atom. The maximum Gasteiger partial charge on any atom is 0.397 e. The van der Waals surface area contributed by atoms with E-state index in [4.69, 9.17) is 8.74 Å². The molecule has 1 aliphatic carbocycles. The van der Waals surface area contributed by atoms with Crippen molar-refractivity contribution in [3.8, 4) is 0 Å². The van der Waals surface area contributed by atoms with Gasteiger partial charge in [-0.25, -0.2) is 4.18 Å². The third-order valence-electron chi connectivity index (χ3n) is 5.17. The van der Waals surface area contributed by atoms with Crippen LogP contribution >= 0.6 is 0 Å². The van der Waals surface area contributed by atoms with Crippen LogP contribution in [0.1, 0.15) is 29.9 Å². The van der Waals surface area contributed by atoms with Crippen LogP contribution in [-0.4, -0.2) is 38.7 Å². The highest BCUT2D eigenvalue weighted by molar-refractivity contribution is 7.80. The number of para-hydroxylation sites is 1. The van der Waals surface area contributed by atoms with Crippen molar-refractivity contribution < 1.29 is 17.2 Å². The van der Waals surface area contributed by atoms with Crippen LogP contribution in [0.4, 0.5) is 5.69 Å². The lowest BCUT2D eigenvalue weighted by Crippen LogP contribution is -2.42. The van der Waals surface area contributed by atoms with Crippen molar-refractivity contribution in [1.82, 2.24) is 5.32 Å². The summed E-state index contributed by atoms with van der Waals surface area (Å²) in [5.74, 6) is 0.429. The molecule has 7 heteroatoms. The van der Waals surface area contributed by atoms with Gasteiger partial charge in [0, 0.05) is 37.8 Å². The maximum atomic E-state index is 11.1. The molecule has 1 saturated carbocycles. The van der Waals surface area contributed by atoms with Crippen molar-refractivity contribution in [2.75, 3.05) is 24.5 Å². The molecule has 1 aromatic carbocycles. The number of hydrogen-bond donors (Lipinski definition) is 2. The van der Waals surface area contributed by atoms with E-state index in [-0.39, 0.29) is 5.92 Å². The van der Waals surface area contributed by atoms with Gasteiger partial charge in [-0.3, -0.25) is 4.55 Å². The number of nitrogens with one attached hydrogen (secondary N) is 1. The Hall–Kier alpha value is -1.15. The summed E-state index contributed by atoms with van der Waals surface area (Å²) in [6.45, 7) is 3.49. The molecule has 1 aromatic rings. The van der Waals surface area contributed by atoms with Crippen molar-refractivity contribution in [2.24, 2.45) is 5.92 Å². The zero-order chi connectivity index (χ0) is 15.3. The van der Waals surface area contributed by atoms with E-state index in [0.717, 1.165) is 32.6 Å². The zero-order valence-corrected chi connectivity index (χ0v) is 13.1. The van der Waals surface area contributed by atoms with Gasteiger partial charge in [-0.15, -0.1) is 0 Å². The summed E-state index contributed by atoms with van der Waals surface area (Å²) in [5, 5.41) is 3.43. The van der Waals surface area contributed by atoms with Gasteiger partial charge >= 0.3 is 10.4 Å². The maximum absolute atomic E-state index is 11.1. The predicted molar refractivity (Wildman–Crippen MR) is 82.2 cm³/mol. The van der Waals surface area contributed by atoms with Crippen LogP contribution < -0.4 is 10.2 Å². The van der Waals surface area contributed by atoms with Crippen LogP contribution in [-0.2, 0) is 21.1 Å². The second-order valence-electron chi connectivity index (χ2n) is 6.39. The third-order valence-corrected chi connectivity index (χ3v) is 5.66. The zero-order valence-electron chi connectivity index (χ0n) is 12.2. The second-order valence-corrected chi connectivity index (χ2v) is 7.44. The van der Waals surface area contributed by atoms with E-state index in [9.17, 15) is 8.42 Å². The summed E-state index contributed by atoms with van der Waals surface area (Å²) in [6.07, 6.45) is 1.15. The molecule has 1 fully saturated rings. The highest BCUT2D eigenvalue weighted by atomic mass is 32.3. The smallest absolute Gasteiger partial charge is 0.369 e. The lowest BCUT2D eigenvalue weighted by molar-refractivity contribution is 0.140. The van der Waals surface area contributed by atoms with Crippen LogP contribution in [0.3, 0.4) is 0 Å². The molecule has 1 unspecified atom stereocenters. The van der Waals surface area contributed by atoms with Gasteiger partial charge in [-0.2, -0.15) is 8.42 Å². The Morgan fingerprint density at radius 2 is 2.18 bits per heavy atom. The first-order valence-corrected chi connectivity index (χ1v) is 9.12. The van der Waals surface area contributed by atoms with E-state index in [1.807, 2.05) is 0 Å². The summed E-state index contributed by atoms with van der Waals surface area (Å²) < 4.78 is 36.1. The Kier molecular flexibility index (Phi) is 3.41. The number of hydrogen-bond acceptors (Lipinski definition) is 5. The standard InChI is InChI=1S/C15H20N2O4S/c18-22(19,20)21-14-5-4-11-12-3-1-2-10-8-16-6-7-17(15(10)12)9-13(11)14/h1-3,11,13-14,16H,4-9H2,(H,18,19,20)/t11-,13?,14-/m1/s1. The molecule has 2 heterocycles. The quantitative estimate of drug-likeness (QED) is 0.798. The highest BCUT2D eigenvalue weighted by Gasteiger charge is 2.45. The lowest BCUT2D eigenvalue weighted by Gasteiger charge is -2.40. The molecule has 0 spiro atoms. The van der Waals surface area contributed by atoms with Gasteiger partial charge in [0.15, 0.2) is 0 Å². The highest BCUT2D eigenvalue weighted by Crippen LogP contribution is 2.50. The van der Waals surface area contributed by atoms with Crippen LogP contribution in [0.15, 0.2) is 18.2 Å². The Morgan fingerprint density at radius 3 is 3.00 bits per heavy atom. The van der Waals surface area contributed by atoms with E-state index in [2.05, 4.69) is 28.4 Å². The van der Waals surface area contributed by atoms with Gasteiger partial charge < -0.3 is 10.2 Å². The van der Waals surface area contributed by atoms with Crippen LogP contribution in [0.5, 0.6) is 0 Å². The number of benzene rings is 1. The van der Waals surface area contributed by atoms with Crippen molar-refractivity contribution >= 4 is 16.1 Å². The molecular weight excluding hydrogens is 304 g/mol. The summed E-state index contributed by atoms with van der Waals surface area (Å²) in [5.41, 5.74) is 3.94. The Balaban J connectivity index is 1.72. The molecule has 120 valence electrons. The minimum absolute atomic E-state index is 0.114. The van der Waals surface area contributed by atoms with Crippen molar-refractivity contribution in [3.05, 3.63) is 29.3 Å². The molecular formula is C15H20N2O4S. The molecule has 0 saturated heterocycles. The van der Waals surface area contributed by atoms with Crippen molar-refractivity contribution in [3.63, 3.8) is 0 Å². The van der Waals surface area contributed by atoms with E-state index in [1.165, 1.54) is 16.8 Å². The summed E-state index contributed by atoms with van der Waals surface area (Å²) in [7, 11) is -4.39. The molecule has 2 aliphatic heterocycles. The predicted octanol–water partition coefficient (Wildman–Crippen LogP) is 1.29. The lowest BCUT2D eigenvalue weighted by atomic mass is 9.82. The fourth-order valence-electron chi connectivity index (χ4n) is 4.36. The number of rotatable bonds is 2. The van der Waals surface area contributed by atoms with E-state index >= 15 is 0 Å².